The summed E-state index contributed by atoms with van der Waals surface area (Å²) in [4.78, 5) is 122. The molecule has 9 atom stereocenters. The Morgan fingerprint density at radius 1 is 0.697 bits per heavy atom. The van der Waals surface area contributed by atoms with Crippen LogP contribution in [-0.4, -0.2) is 123 Å². The van der Waals surface area contributed by atoms with Crippen molar-refractivity contribution < 1.29 is 68.3 Å². The van der Waals surface area contributed by atoms with E-state index in [9.17, 15) is 63.6 Å². The topological polar surface area (TPSA) is 328 Å². The molecule has 11 N–H and O–H groups in total. The van der Waals surface area contributed by atoms with Gasteiger partial charge in [-0.25, -0.2) is 9.59 Å². The fourth-order valence-corrected chi connectivity index (χ4v) is 8.11. The Hall–Kier alpha value is -8.33. The molecule has 1 aliphatic rings. The Balaban J connectivity index is 1.76. The van der Waals surface area contributed by atoms with Crippen molar-refractivity contribution in [3.63, 3.8) is 0 Å². The predicted octanol–water partition coefficient (Wildman–Crippen LogP) is 2.61. The third-order valence-electron chi connectivity index (χ3n) is 12.7. The largest absolute Gasteiger partial charge is 0.508 e. The highest BCUT2D eigenvalue weighted by atomic mass is 16.5. The van der Waals surface area contributed by atoms with Gasteiger partial charge in [-0.2, -0.15) is 0 Å². The van der Waals surface area contributed by atoms with Crippen molar-refractivity contribution in [3.05, 3.63) is 131 Å². The molecule has 1 aliphatic heterocycles. The third-order valence-corrected chi connectivity index (χ3v) is 12.7. The van der Waals surface area contributed by atoms with E-state index < -0.39 is 115 Å². The Morgan fingerprint density at radius 2 is 1.29 bits per heavy atom. The molecule has 408 valence electrons. The van der Waals surface area contributed by atoms with Crippen LogP contribution >= 0.6 is 0 Å². The highest BCUT2D eigenvalue weighted by Gasteiger charge is 2.34. The number of benzene rings is 3. The molecule has 76 heavy (non-hydrogen) atoms. The van der Waals surface area contributed by atoms with Gasteiger partial charge in [-0.15, -0.1) is 0 Å². The lowest BCUT2D eigenvalue weighted by molar-refractivity contribution is -0.144. The van der Waals surface area contributed by atoms with E-state index in [1.807, 2.05) is 43.3 Å². The summed E-state index contributed by atoms with van der Waals surface area (Å²) in [6, 6.07) is 12.3. The second-order valence-electron chi connectivity index (χ2n) is 18.7. The van der Waals surface area contributed by atoms with Crippen molar-refractivity contribution in [1.29, 1.82) is 0 Å². The highest BCUT2D eigenvalue weighted by Crippen LogP contribution is 2.19. The summed E-state index contributed by atoms with van der Waals surface area (Å²) in [5.41, 5.74) is 2.50. The van der Waals surface area contributed by atoms with Crippen LogP contribution in [0, 0.1) is 11.8 Å². The van der Waals surface area contributed by atoms with Gasteiger partial charge >= 0.3 is 11.9 Å². The third kappa shape index (κ3) is 19.5. The number of rotatable bonds is 14. The van der Waals surface area contributed by atoms with Gasteiger partial charge in [0, 0.05) is 25.9 Å². The molecule has 0 aromatic heterocycles. The molecular formula is C55H69N7O14. The maximum absolute atomic E-state index is 14.5. The zero-order chi connectivity index (χ0) is 56.1. The number of carbonyl (C=O) groups is 9. The van der Waals surface area contributed by atoms with Crippen LogP contribution in [0.5, 0.6) is 11.5 Å². The lowest BCUT2D eigenvalue weighted by atomic mass is 9.94. The van der Waals surface area contributed by atoms with Crippen molar-refractivity contribution in [2.45, 2.75) is 122 Å². The number of aromatic hydroxyl groups is 2. The smallest absolute Gasteiger partial charge is 0.326 e. The SMILES string of the molecule is C/C=C1/NC(=O)CCC(C(=O)O)NC(=O)[C@@H](C)C(/C=C/C(C)=C/[C@H](C)[C@H](Cc2ccccc2)OC)NC(=O)[C@H](Cc2ccc(O)cc2)NC(=O)C[C@H](C(=O)O)NC(=O)[C@H](CCc2ccc(O)cc2)NC(=O)[C@@H](C)NC1=O. The lowest BCUT2D eigenvalue weighted by Crippen LogP contribution is -2.57. The van der Waals surface area contributed by atoms with Crippen LogP contribution in [0.25, 0.3) is 0 Å². The normalized spacial score (nSPS) is 23.8. The average molecular weight is 1050 g/mol. The van der Waals surface area contributed by atoms with Crippen molar-refractivity contribution in [1.82, 2.24) is 37.2 Å². The zero-order valence-electron chi connectivity index (χ0n) is 43.3. The number of ether oxygens (including phenoxy) is 1. The number of allylic oxidation sites excluding steroid dienone is 3. The van der Waals surface area contributed by atoms with Gasteiger partial charge in [0.25, 0.3) is 5.91 Å². The number of hydrogen-bond acceptors (Lipinski definition) is 12. The number of phenols is 2. The van der Waals surface area contributed by atoms with Crippen molar-refractivity contribution in [3.8, 4) is 11.5 Å². The van der Waals surface area contributed by atoms with E-state index >= 15 is 0 Å². The summed E-state index contributed by atoms with van der Waals surface area (Å²) >= 11 is 0. The molecule has 0 bridgehead atoms. The average Bonchev–Trinajstić information content (AvgIpc) is 3.38. The number of methoxy groups -OCH3 is 1. The predicted molar refractivity (Wildman–Crippen MR) is 279 cm³/mol. The van der Waals surface area contributed by atoms with Crippen LogP contribution in [0.1, 0.15) is 77.0 Å². The molecule has 1 saturated heterocycles. The molecule has 3 aromatic carbocycles. The van der Waals surface area contributed by atoms with Gasteiger partial charge in [0.05, 0.1) is 24.5 Å². The van der Waals surface area contributed by atoms with Crippen molar-refractivity contribution in [2.24, 2.45) is 11.8 Å². The van der Waals surface area contributed by atoms with Gasteiger partial charge < -0.3 is 62.4 Å². The number of carbonyl (C=O) groups excluding carboxylic acids is 7. The number of phenolic OH excluding ortho intramolecular Hbond substituents is 2. The van der Waals surface area contributed by atoms with E-state index in [0.29, 0.717) is 23.1 Å². The molecule has 4 rings (SSSR count). The molecule has 1 heterocycles. The molecular weight excluding hydrogens is 983 g/mol. The van der Waals surface area contributed by atoms with Crippen LogP contribution < -0.4 is 37.2 Å². The number of hydrogen-bond donors (Lipinski definition) is 11. The van der Waals surface area contributed by atoms with E-state index in [1.54, 1.807) is 32.2 Å². The maximum Gasteiger partial charge on any atom is 0.326 e. The Bertz CT molecular complexity index is 2620. The van der Waals surface area contributed by atoms with Gasteiger partial charge in [0.2, 0.25) is 35.4 Å². The Morgan fingerprint density at radius 3 is 1.88 bits per heavy atom. The minimum Gasteiger partial charge on any atom is -0.508 e. The summed E-state index contributed by atoms with van der Waals surface area (Å²) in [6.45, 7) is 7.88. The molecule has 2 unspecified atom stereocenters. The summed E-state index contributed by atoms with van der Waals surface area (Å²) in [7, 11) is 1.61. The van der Waals surface area contributed by atoms with E-state index in [1.165, 1.54) is 69.3 Å². The number of nitrogens with one attached hydrogen (secondary N) is 7. The first-order chi connectivity index (χ1) is 36.1. The van der Waals surface area contributed by atoms with Crippen LogP contribution in [0.2, 0.25) is 0 Å². The fourth-order valence-electron chi connectivity index (χ4n) is 8.11. The second kappa shape index (κ2) is 29.5. The van der Waals surface area contributed by atoms with Crippen LogP contribution in [0.4, 0.5) is 0 Å². The number of aliphatic carboxylic acids is 2. The molecule has 0 radical (unpaired) electrons. The van der Waals surface area contributed by atoms with E-state index in [4.69, 9.17) is 4.74 Å². The van der Waals surface area contributed by atoms with Crippen molar-refractivity contribution in [2.75, 3.05) is 7.11 Å². The first kappa shape index (κ1) is 60.2. The number of carboxylic acid groups (broad SMARTS) is 2. The van der Waals surface area contributed by atoms with Crippen molar-refractivity contribution >= 4 is 53.3 Å². The first-order valence-corrected chi connectivity index (χ1v) is 24.8. The molecule has 0 aliphatic carbocycles. The minimum absolute atomic E-state index is 0.0285. The van der Waals surface area contributed by atoms with Crippen LogP contribution in [0.3, 0.4) is 0 Å². The van der Waals surface area contributed by atoms with Gasteiger partial charge in [-0.05, 0) is 87.4 Å². The highest BCUT2D eigenvalue weighted by molar-refractivity contribution is 6.00. The quantitative estimate of drug-likeness (QED) is 0.0817. The summed E-state index contributed by atoms with van der Waals surface area (Å²) in [6.07, 6.45) is 4.61. The Kier molecular flexibility index (Phi) is 23.4. The van der Waals surface area contributed by atoms with Crippen LogP contribution in [-0.2, 0) is 67.2 Å². The molecule has 21 heteroatoms. The van der Waals surface area contributed by atoms with E-state index in [-0.39, 0.29) is 48.5 Å². The Labute approximate surface area is 441 Å². The summed E-state index contributed by atoms with van der Waals surface area (Å²) < 4.78 is 5.82. The summed E-state index contributed by atoms with van der Waals surface area (Å²) in [5, 5.41) is 57.7. The second-order valence-corrected chi connectivity index (χ2v) is 18.7. The molecule has 21 nitrogen and oxygen atoms in total. The van der Waals surface area contributed by atoms with Crippen LogP contribution in [0.15, 0.2) is 114 Å². The number of aryl methyl sites for hydroxylation is 1. The van der Waals surface area contributed by atoms with E-state index in [2.05, 4.69) is 37.2 Å². The van der Waals surface area contributed by atoms with Gasteiger partial charge in [-0.3, -0.25) is 33.6 Å². The number of amides is 7. The molecule has 3 aromatic rings. The minimum atomic E-state index is -1.92. The lowest BCUT2D eigenvalue weighted by Gasteiger charge is -2.27. The number of carboxylic acids is 2. The maximum atomic E-state index is 14.5. The molecule has 7 amide bonds. The standard InChI is InChI=1S/C55H69N7O14/c1-7-40-51(69)56-34(5)50(68)60-42(24-18-35-14-19-38(63)20-15-35)52(70)62-45(55(74)75)30-48(66)58-44(28-37-16-21-39(64)22-17-37)53(71)59-41(33(4)49(67)61-43(54(72)73)25-26-47(65)57-40)23-13-31(2)27-32(3)46(76-6)29-36-11-9-8-10-12-36/h7-17,19-23,27,32-34,41-46,63-64H,18,24-26,28-30H2,1-6H3,(H,56,69)(H,57,65)(H,58,66)(H,59,71)(H,60,68)(H,61,67)(H,62,70)(H,72,73)(H,74,75)/b23-13+,31-27+,40-7+/t32-,33-,34+,41?,42-,43?,44-,45+,46-/m0/s1. The molecule has 0 spiro atoms. The summed E-state index contributed by atoms with van der Waals surface area (Å²) in [5.74, 6) is -11.0. The van der Waals surface area contributed by atoms with Gasteiger partial charge in [0.1, 0.15) is 47.4 Å². The fraction of sp³-hybridized carbons (Fsp3) is 0.400. The zero-order valence-corrected chi connectivity index (χ0v) is 43.3. The van der Waals surface area contributed by atoms with E-state index in [0.717, 1.165) is 5.56 Å². The molecule has 1 fully saturated rings. The van der Waals surface area contributed by atoms with Gasteiger partial charge in [-0.1, -0.05) is 98.3 Å². The monoisotopic (exact) mass is 1050 g/mol. The first-order valence-electron chi connectivity index (χ1n) is 24.8. The molecule has 0 saturated carbocycles. The van der Waals surface area contributed by atoms with Gasteiger partial charge in [0.15, 0.2) is 0 Å².